The van der Waals surface area contributed by atoms with E-state index in [-0.39, 0.29) is 5.97 Å². The molecule has 12 heavy (non-hydrogen) atoms. The summed E-state index contributed by atoms with van der Waals surface area (Å²) in [5.74, 6) is -0.196. The van der Waals surface area contributed by atoms with E-state index in [4.69, 9.17) is 4.74 Å². The van der Waals surface area contributed by atoms with Gasteiger partial charge >= 0.3 is 5.97 Å². The first-order valence-corrected chi connectivity index (χ1v) is 4.36. The molecule has 4 nitrogen and oxygen atoms in total. The number of hydrogen-bond donors (Lipinski definition) is 2. The molecule has 70 valence electrons. The molecule has 1 heterocycles. The number of rotatable bonds is 3. The Kier molecular flexibility index (Phi) is 4.04. The minimum absolute atomic E-state index is 0.196. The minimum Gasteiger partial charge on any atom is -0.466 e. The molecule has 0 aliphatic carbocycles. The summed E-state index contributed by atoms with van der Waals surface area (Å²) in [6.07, 6.45) is 0.895. The predicted octanol–water partition coefficient (Wildman–Crippen LogP) is -0.499. The van der Waals surface area contributed by atoms with Gasteiger partial charge in [0.1, 0.15) is 0 Å². The van der Waals surface area contributed by atoms with Crippen molar-refractivity contribution in [2.75, 3.05) is 26.2 Å². The van der Waals surface area contributed by atoms with Crippen molar-refractivity contribution in [3.63, 3.8) is 0 Å². The van der Waals surface area contributed by atoms with Gasteiger partial charge in [0.2, 0.25) is 0 Å². The predicted molar refractivity (Wildman–Crippen MR) is 45.9 cm³/mol. The van der Waals surface area contributed by atoms with Gasteiger partial charge in [0.15, 0.2) is 0 Å². The summed E-state index contributed by atoms with van der Waals surface area (Å²) in [7, 11) is 0. The van der Waals surface area contributed by atoms with Gasteiger partial charge in [0, 0.05) is 32.6 Å². The van der Waals surface area contributed by atoms with Crippen molar-refractivity contribution in [2.45, 2.75) is 19.4 Å². The molecule has 0 radical (unpaired) electrons. The fraction of sp³-hybridized carbons (Fsp3) is 0.875. The van der Waals surface area contributed by atoms with E-state index in [1.54, 1.807) is 0 Å². The number of carbonyl (C=O) groups excluding carboxylic acids is 1. The van der Waals surface area contributed by atoms with Crippen molar-refractivity contribution < 1.29 is 9.53 Å². The molecule has 1 aliphatic rings. The molecule has 4 heteroatoms. The van der Waals surface area contributed by atoms with Crippen LogP contribution in [0.4, 0.5) is 0 Å². The third kappa shape index (κ3) is 3.69. The topological polar surface area (TPSA) is 50.4 Å². The van der Waals surface area contributed by atoms with Crippen LogP contribution in [0.3, 0.4) is 0 Å². The Morgan fingerprint density at radius 1 is 1.58 bits per heavy atom. The van der Waals surface area contributed by atoms with Crippen LogP contribution in [0.15, 0.2) is 0 Å². The van der Waals surface area contributed by atoms with Gasteiger partial charge in [-0.2, -0.15) is 0 Å². The summed E-state index contributed by atoms with van der Waals surface area (Å²) in [5, 5.41) is 6.61. The fourth-order valence-electron chi connectivity index (χ4n) is 1.26. The maximum absolute atomic E-state index is 10.4. The number of ether oxygens (including phenoxy) is 1. The van der Waals surface area contributed by atoms with Crippen molar-refractivity contribution in [1.29, 1.82) is 0 Å². The molecular formula is C8H16N2O2. The molecule has 0 unspecified atom stereocenters. The van der Waals surface area contributed by atoms with Crippen molar-refractivity contribution in [1.82, 2.24) is 10.6 Å². The van der Waals surface area contributed by atoms with Crippen molar-refractivity contribution in [3.05, 3.63) is 0 Å². The van der Waals surface area contributed by atoms with Crippen LogP contribution < -0.4 is 10.6 Å². The number of piperazine rings is 1. The Hall–Kier alpha value is -0.610. The highest BCUT2D eigenvalue weighted by atomic mass is 16.5. The second kappa shape index (κ2) is 5.11. The molecule has 0 aromatic carbocycles. The molecule has 1 aliphatic heterocycles. The molecule has 0 bridgehead atoms. The van der Waals surface area contributed by atoms with Crippen LogP contribution in [-0.2, 0) is 9.53 Å². The summed E-state index contributed by atoms with van der Waals surface area (Å²) in [4.78, 5) is 10.4. The summed E-state index contributed by atoms with van der Waals surface area (Å²) in [5.41, 5.74) is 0. The summed E-state index contributed by atoms with van der Waals surface area (Å²) >= 11 is 0. The number of esters is 1. The van der Waals surface area contributed by atoms with Crippen LogP contribution in [-0.4, -0.2) is 38.3 Å². The molecule has 1 rings (SSSR count). The van der Waals surface area contributed by atoms with Gasteiger partial charge in [-0.15, -0.1) is 0 Å². The molecule has 0 amide bonds. The van der Waals surface area contributed by atoms with E-state index in [9.17, 15) is 4.79 Å². The first-order chi connectivity index (χ1) is 5.79. The average molecular weight is 172 g/mol. The van der Waals surface area contributed by atoms with E-state index in [1.165, 1.54) is 6.92 Å². The second-order valence-corrected chi connectivity index (χ2v) is 2.98. The zero-order valence-electron chi connectivity index (χ0n) is 7.43. The maximum Gasteiger partial charge on any atom is 0.302 e. The summed E-state index contributed by atoms with van der Waals surface area (Å²) in [6, 6.07) is 0.457. The van der Waals surface area contributed by atoms with Gasteiger partial charge in [0.05, 0.1) is 6.61 Å². The Morgan fingerprint density at radius 2 is 2.42 bits per heavy atom. The average Bonchev–Trinajstić information content (AvgIpc) is 2.05. The Morgan fingerprint density at radius 3 is 3.00 bits per heavy atom. The summed E-state index contributed by atoms with van der Waals surface area (Å²) < 4.78 is 4.84. The first kappa shape index (κ1) is 9.48. The van der Waals surface area contributed by atoms with Crippen molar-refractivity contribution >= 4 is 5.97 Å². The van der Waals surface area contributed by atoms with Crippen LogP contribution in [0.1, 0.15) is 13.3 Å². The largest absolute Gasteiger partial charge is 0.466 e. The van der Waals surface area contributed by atoms with Crippen LogP contribution in [0.2, 0.25) is 0 Å². The van der Waals surface area contributed by atoms with Gasteiger partial charge in [-0.1, -0.05) is 0 Å². The molecule has 0 saturated carbocycles. The van der Waals surface area contributed by atoms with Crippen molar-refractivity contribution in [2.24, 2.45) is 0 Å². The van der Waals surface area contributed by atoms with E-state index in [0.29, 0.717) is 12.6 Å². The Bertz CT molecular complexity index is 144. The fourth-order valence-corrected chi connectivity index (χ4v) is 1.26. The standard InChI is InChI=1S/C8H16N2O2/c1-7(11)12-5-2-8-6-9-3-4-10-8/h8-10H,2-6H2,1H3/t8-/m1/s1. The van der Waals surface area contributed by atoms with Gasteiger partial charge in [-0.3, -0.25) is 4.79 Å². The minimum atomic E-state index is -0.196. The lowest BCUT2D eigenvalue weighted by atomic mass is 10.2. The van der Waals surface area contributed by atoms with Gasteiger partial charge in [-0.25, -0.2) is 0 Å². The van der Waals surface area contributed by atoms with Crippen molar-refractivity contribution in [3.8, 4) is 0 Å². The highest BCUT2D eigenvalue weighted by Gasteiger charge is 2.11. The molecule has 1 fully saturated rings. The molecule has 0 spiro atoms. The molecule has 2 N–H and O–H groups in total. The molecule has 1 atom stereocenters. The van der Waals surface area contributed by atoms with Crippen LogP contribution in [0.5, 0.6) is 0 Å². The monoisotopic (exact) mass is 172 g/mol. The third-order valence-electron chi connectivity index (χ3n) is 1.90. The molecule has 1 saturated heterocycles. The molecule has 0 aromatic heterocycles. The Balaban J connectivity index is 2.01. The molecule has 0 aromatic rings. The SMILES string of the molecule is CC(=O)OCC[C@@H]1CNCCN1. The second-order valence-electron chi connectivity index (χ2n) is 2.98. The van der Waals surface area contributed by atoms with Gasteiger partial charge in [-0.05, 0) is 6.42 Å². The lowest BCUT2D eigenvalue weighted by molar-refractivity contribution is -0.141. The number of hydrogen-bond acceptors (Lipinski definition) is 4. The van der Waals surface area contributed by atoms with Crippen LogP contribution in [0, 0.1) is 0 Å². The van der Waals surface area contributed by atoms with E-state index >= 15 is 0 Å². The van der Waals surface area contributed by atoms with Gasteiger partial charge < -0.3 is 15.4 Å². The maximum atomic E-state index is 10.4. The first-order valence-electron chi connectivity index (χ1n) is 4.36. The van der Waals surface area contributed by atoms with E-state index in [2.05, 4.69) is 10.6 Å². The van der Waals surface area contributed by atoms with E-state index < -0.39 is 0 Å². The van der Waals surface area contributed by atoms with E-state index in [0.717, 1.165) is 26.1 Å². The highest BCUT2D eigenvalue weighted by molar-refractivity contribution is 5.65. The lowest BCUT2D eigenvalue weighted by Gasteiger charge is -2.23. The number of carbonyl (C=O) groups is 1. The zero-order valence-corrected chi connectivity index (χ0v) is 7.43. The number of nitrogens with one attached hydrogen (secondary N) is 2. The summed E-state index contributed by atoms with van der Waals surface area (Å²) in [6.45, 7) is 4.97. The Labute approximate surface area is 72.7 Å². The lowest BCUT2D eigenvalue weighted by Crippen LogP contribution is -2.48. The molecular weight excluding hydrogens is 156 g/mol. The van der Waals surface area contributed by atoms with Crippen LogP contribution in [0.25, 0.3) is 0 Å². The third-order valence-corrected chi connectivity index (χ3v) is 1.90. The normalized spacial score (nSPS) is 23.6. The quantitative estimate of drug-likeness (QED) is 0.564. The smallest absolute Gasteiger partial charge is 0.302 e. The van der Waals surface area contributed by atoms with Gasteiger partial charge in [0.25, 0.3) is 0 Å². The van der Waals surface area contributed by atoms with E-state index in [1.807, 2.05) is 0 Å². The highest BCUT2D eigenvalue weighted by Crippen LogP contribution is 1.94. The van der Waals surface area contributed by atoms with Crippen LogP contribution >= 0.6 is 0 Å². The zero-order chi connectivity index (χ0) is 8.81.